The van der Waals surface area contributed by atoms with Gasteiger partial charge in [0, 0.05) is 19.4 Å². The molecule has 0 fully saturated rings. The number of methoxy groups -OCH3 is 1. The van der Waals surface area contributed by atoms with Crippen LogP contribution in [-0.2, 0) is 9.53 Å². The quantitative estimate of drug-likeness (QED) is 0.787. The number of halogens is 2. The Kier molecular flexibility index (Phi) is 6.41. The van der Waals surface area contributed by atoms with E-state index in [0.717, 1.165) is 6.42 Å². The number of benzene rings is 1. The summed E-state index contributed by atoms with van der Waals surface area (Å²) < 4.78 is 18.5. The zero-order valence-corrected chi connectivity index (χ0v) is 12.6. The lowest BCUT2D eigenvalue weighted by Crippen LogP contribution is -2.35. The van der Waals surface area contributed by atoms with Crippen molar-refractivity contribution >= 4 is 27.5 Å². The molecule has 3 N–H and O–H groups in total. The van der Waals surface area contributed by atoms with Crippen LogP contribution in [0.1, 0.15) is 18.4 Å². The maximum atomic E-state index is 13.3. The number of anilines is 1. The molecule has 0 saturated carbocycles. The molecule has 0 bridgehead atoms. The number of nitrogens with one attached hydrogen (secondary N) is 1. The summed E-state index contributed by atoms with van der Waals surface area (Å²) in [6.07, 6.45) is 1.26. The van der Waals surface area contributed by atoms with Gasteiger partial charge in [0.05, 0.1) is 10.5 Å². The minimum absolute atomic E-state index is 0.280. The third kappa shape index (κ3) is 4.89. The second kappa shape index (κ2) is 7.57. The van der Waals surface area contributed by atoms with E-state index in [0.29, 0.717) is 28.8 Å². The van der Waals surface area contributed by atoms with Gasteiger partial charge in [-0.05, 0) is 53.4 Å². The minimum Gasteiger partial charge on any atom is -0.385 e. The summed E-state index contributed by atoms with van der Waals surface area (Å²) in [5, 5.41) is 2.70. The van der Waals surface area contributed by atoms with E-state index < -0.39 is 6.04 Å². The van der Waals surface area contributed by atoms with Crippen molar-refractivity contribution in [2.75, 3.05) is 19.0 Å². The van der Waals surface area contributed by atoms with Gasteiger partial charge in [-0.25, -0.2) is 4.39 Å². The van der Waals surface area contributed by atoms with Gasteiger partial charge in [-0.2, -0.15) is 0 Å². The van der Waals surface area contributed by atoms with Crippen LogP contribution in [0.5, 0.6) is 0 Å². The van der Waals surface area contributed by atoms with Crippen LogP contribution in [0.4, 0.5) is 10.1 Å². The summed E-state index contributed by atoms with van der Waals surface area (Å²) >= 11 is 3.08. The first-order valence-corrected chi connectivity index (χ1v) is 6.76. The number of aryl methyl sites for hydroxylation is 1. The summed E-state index contributed by atoms with van der Waals surface area (Å²) in [6, 6.07) is 2.29. The molecular formula is C13H18BrFN2O2. The van der Waals surface area contributed by atoms with Crippen molar-refractivity contribution in [1.82, 2.24) is 0 Å². The summed E-state index contributed by atoms with van der Waals surface area (Å²) in [7, 11) is 1.60. The maximum Gasteiger partial charge on any atom is 0.241 e. The Morgan fingerprint density at radius 2 is 2.26 bits per heavy atom. The largest absolute Gasteiger partial charge is 0.385 e. The molecule has 0 heterocycles. The van der Waals surface area contributed by atoms with E-state index >= 15 is 0 Å². The minimum atomic E-state index is -0.599. The van der Waals surface area contributed by atoms with Gasteiger partial charge in [-0.15, -0.1) is 0 Å². The zero-order chi connectivity index (χ0) is 14.4. The molecular weight excluding hydrogens is 315 g/mol. The zero-order valence-electron chi connectivity index (χ0n) is 11.0. The molecule has 6 heteroatoms. The molecule has 0 aliphatic carbocycles. The highest BCUT2D eigenvalue weighted by Gasteiger charge is 2.15. The van der Waals surface area contributed by atoms with E-state index in [-0.39, 0.29) is 11.7 Å². The number of hydrogen-bond donors (Lipinski definition) is 2. The lowest BCUT2D eigenvalue weighted by Gasteiger charge is -2.14. The first kappa shape index (κ1) is 16.1. The van der Waals surface area contributed by atoms with Gasteiger partial charge in [0.1, 0.15) is 5.82 Å². The molecule has 19 heavy (non-hydrogen) atoms. The first-order chi connectivity index (χ1) is 8.95. The molecule has 1 amide bonds. The molecule has 0 aliphatic rings. The Morgan fingerprint density at radius 3 is 2.89 bits per heavy atom. The number of hydrogen-bond acceptors (Lipinski definition) is 3. The third-order valence-corrected chi connectivity index (χ3v) is 3.33. The van der Waals surface area contributed by atoms with Gasteiger partial charge in [0.25, 0.3) is 0 Å². The molecule has 0 aliphatic heterocycles. The van der Waals surface area contributed by atoms with E-state index in [1.807, 2.05) is 0 Å². The van der Waals surface area contributed by atoms with Crippen LogP contribution in [0, 0.1) is 12.7 Å². The van der Waals surface area contributed by atoms with Gasteiger partial charge < -0.3 is 15.8 Å². The van der Waals surface area contributed by atoms with Crippen LogP contribution < -0.4 is 11.1 Å². The van der Waals surface area contributed by atoms with E-state index in [2.05, 4.69) is 21.2 Å². The van der Waals surface area contributed by atoms with Crippen molar-refractivity contribution in [3.05, 3.63) is 28.0 Å². The van der Waals surface area contributed by atoms with Crippen molar-refractivity contribution in [2.45, 2.75) is 25.8 Å². The van der Waals surface area contributed by atoms with Crippen LogP contribution in [-0.4, -0.2) is 25.7 Å². The van der Waals surface area contributed by atoms with Gasteiger partial charge in [-0.3, -0.25) is 4.79 Å². The first-order valence-electron chi connectivity index (χ1n) is 5.96. The number of nitrogens with two attached hydrogens (primary N) is 1. The standard InChI is InChI=1S/C13H18BrFN2O2/c1-8-6-10(15)9(14)7-12(8)17-13(18)11(16)4-3-5-19-2/h6-7,11H,3-5,16H2,1-2H3,(H,17,18). The molecule has 4 nitrogen and oxygen atoms in total. The van der Waals surface area contributed by atoms with Gasteiger partial charge in [0.2, 0.25) is 5.91 Å². The molecule has 106 valence electrons. The van der Waals surface area contributed by atoms with E-state index in [1.54, 1.807) is 14.0 Å². The molecule has 0 aromatic heterocycles. The average molecular weight is 333 g/mol. The molecule has 1 rings (SSSR count). The van der Waals surface area contributed by atoms with E-state index in [1.165, 1.54) is 12.1 Å². The summed E-state index contributed by atoms with van der Waals surface area (Å²) in [5.41, 5.74) is 6.98. The monoisotopic (exact) mass is 332 g/mol. The van der Waals surface area contributed by atoms with Crippen molar-refractivity contribution < 1.29 is 13.9 Å². The highest BCUT2D eigenvalue weighted by Crippen LogP contribution is 2.24. The molecule has 1 atom stereocenters. The maximum absolute atomic E-state index is 13.3. The Bertz CT molecular complexity index is 455. The fourth-order valence-corrected chi connectivity index (χ4v) is 1.93. The smallest absolute Gasteiger partial charge is 0.241 e. The lowest BCUT2D eigenvalue weighted by molar-refractivity contribution is -0.117. The van der Waals surface area contributed by atoms with Crippen molar-refractivity contribution in [1.29, 1.82) is 0 Å². The Hall–Kier alpha value is -0.980. The summed E-state index contributed by atoms with van der Waals surface area (Å²) in [5.74, 6) is -0.641. The van der Waals surface area contributed by atoms with Crippen LogP contribution in [0.15, 0.2) is 16.6 Å². The SMILES string of the molecule is COCCCC(N)C(=O)Nc1cc(Br)c(F)cc1C. The summed E-state index contributed by atoms with van der Waals surface area (Å²) in [6.45, 7) is 2.30. The fraction of sp³-hybridized carbons (Fsp3) is 0.462. The average Bonchev–Trinajstić information content (AvgIpc) is 2.36. The molecule has 1 aromatic rings. The fourth-order valence-electron chi connectivity index (χ4n) is 1.59. The second-order valence-corrected chi connectivity index (χ2v) is 5.17. The number of amides is 1. The Morgan fingerprint density at radius 1 is 1.58 bits per heavy atom. The lowest BCUT2D eigenvalue weighted by atomic mass is 10.1. The van der Waals surface area contributed by atoms with Crippen LogP contribution in [0.2, 0.25) is 0 Å². The molecule has 1 unspecified atom stereocenters. The number of rotatable bonds is 6. The van der Waals surface area contributed by atoms with E-state index in [9.17, 15) is 9.18 Å². The summed E-state index contributed by atoms with van der Waals surface area (Å²) in [4.78, 5) is 11.9. The van der Waals surface area contributed by atoms with Crippen LogP contribution >= 0.6 is 15.9 Å². The van der Waals surface area contributed by atoms with Gasteiger partial charge in [0.15, 0.2) is 0 Å². The van der Waals surface area contributed by atoms with E-state index in [4.69, 9.17) is 10.5 Å². The molecule has 0 radical (unpaired) electrons. The molecule has 0 spiro atoms. The predicted octanol–water partition coefficient (Wildman–Crippen LogP) is 2.59. The van der Waals surface area contributed by atoms with Crippen molar-refractivity contribution in [3.63, 3.8) is 0 Å². The second-order valence-electron chi connectivity index (χ2n) is 4.31. The Labute approximate surface area is 120 Å². The highest BCUT2D eigenvalue weighted by molar-refractivity contribution is 9.10. The topological polar surface area (TPSA) is 64.3 Å². The molecule has 0 saturated heterocycles. The normalized spacial score (nSPS) is 12.3. The van der Waals surface area contributed by atoms with Crippen molar-refractivity contribution in [2.24, 2.45) is 5.73 Å². The van der Waals surface area contributed by atoms with Gasteiger partial charge >= 0.3 is 0 Å². The van der Waals surface area contributed by atoms with Crippen LogP contribution in [0.3, 0.4) is 0 Å². The van der Waals surface area contributed by atoms with Crippen LogP contribution in [0.25, 0.3) is 0 Å². The predicted molar refractivity (Wildman–Crippen MR) is 76.6 cm³/mol. The molecule has 1 aromatic carbocycles. The highest BCUT2D eigenvalue weighted by atomic mass is 79.9. The van der Waals surface area contributed by atoms with Gasteiger partial charge in [-0.1, -0.05) is 0 Å². The van der Waals surface area contributed by atoms with Crippen molar-refractivity contribution in [3.8, 4) is 0 Å². The number of ether oxygens (including phenoxy) is 1. The number of carbonyl (C=O) groups excluding carboxylic acids is 1. The number of carbonyl (C=O) groups is 1. The third-order valence-electron chi connectivity index (χ3n) is 2.73. The Balaban J connectivity index is 2.64.